The van der Waals surface area contributed by atoms with Gasteiger partial charge in [-0.05, 0) is 37.6 Å². The summed E-state index contributed by atoms with van der Waals surface area (Å²) in [6.07, 6.45) is 0. The highest BCUT2D eigenvalue weighted by Crippen LogP contribution is 2.40. The van der Waals surface area contributed by atoms with E-state index >= 15 is 0 Å². The molecule has 0 saturated carbocycles. The van der Waals surface area contributed by atoms with E-state index < -0.39 is 35.9 Å². The van der Waals surface area contributed by atoms with E-state index in [1.807, 2.05) is 0 Å². The van der Waals surface area contributed by atoms with Crippen LogP contribution in [0.25, 0.3) is 0 Å². The topological polar surface area (TPSA) is 98.5 Å². The molecule has 28 heavy (non-hydrogen) atoms. The molecule has 0 spiro atoms. The molecular weight excluding hydrogens is 410 g/mol. The van der Waals surface area contributed by atoms with Crippen molar-refractivity contribution >= 4 is 45.9 Å². The molecule has 0 unspecified atom stereocenters. The van der Waals surface area contributed by atoms with Crippen molar-refractivity contribution in [2.24, 2.45) is 5.73 Å². The molecule has 0 saturated heterocycles. The quantitative estimate of drug-likeness (QED) is 0.652. The van der Waals surface area contributed by atoms with Crippen LogP contribution in [0.4, 0.5) is 13.8 Å². The summed E-state index contributed by atoms with van der Waals surface area (Å²) in [5, 5.41) is 2.68. The highest BCUT2D eigenvalue weighted by molar-refractivity contribution is 8.01. The van der Waals surface area contributed by atoms with Crippen molar-refractivity contribution in [3.05, 3.63) is 41.2 Å². The van der Waals surface area contributed by atoms with Gasteiger partial charge < -0.3 is 15.8 Å². The third-order valence-corrected chi connectivity index (χ3v) is 5.72. The number of nitrogens with one attached hydrogen (secondary N) is 1. The minimum atomic E-state index is -1.47. The summed E-state index contributed by atoms with van der Waals surface area (Å²) in [4.78, 5) is 35.5. The van der Waals surface area contributed by atoms with Crippen LogP contribution in [-0.4, -0.2) is 23.4 Å². The average molecular weight is 428 g/mol. The van der Waals surface area contributed by atoms with Crippen LogP contribution in [0, 0.1) is 5.82 Å². The van der Waals surface area contributed by atoms with E-state index in [0.29, 0.717) is 4.21 Å². The van der Waals surface area contributed by atoms with Crippen molar-refractivity contribution in [2.75, 3.05) is 5.32 Å². The number of rotatable bonds is 7. The summed E-state index contributed by atoms with van der Waals surface area (Å²) >= 11 is 2.02. The Hall–Kier alpha value is -2.46. The summed E-state index contributed by atoms with van der Waals surface area (Å²) < 4.78 is 32.1. The van der Waals surface area contributed by atoms with Gasteiger partial charge in [-0.1, -0.05) is 17.8 Å². The number of hydrogen-bond acceptors (Lipinski definition) is 6. The van der Waals surface area contributed by atoms with Crippen LogP contribution in [0.3, 0.4) is 0 Å². The second kappa shape index (κ2) is 8.70. The predicted octanol–water partition coefficient (Wildman–Crippen LogP) is 3.89. The summed E-state index contributed by atoms with van der Waals surface area (Å²) in [5.41, 5.74) is 4.15. The molecule has 0 aliphatic rings. The smallest absolute Gasteiger partial charge is 0.303 e. The number of alkyl halides is 1. The zero-order valence-electron chi connectivity index (χ0n) is 15.3. The lowest BCUT2D eigenvalue weighted by Crippen LogP contribution is -2.41. The molecule has 150 valence electrons. The Bertz CT molecular complexity index is 928. The number of hydrogen-bond donors (Lipinski definition) is 2. The molecule has 0 fully saturated rings. The fourth-order valence-corrected chi connectivity index (χ4v) is 4.34. The Morgan fingerprint density at radius 2 is 1.96 bits per heavy atom. The summed E-state index contributed by atoms with van der Waals surface area (Å²) in [6.45, 7) is 3.20. The number of ether oxygens (including phenoxy) is 1. The first kappa shape index (κ1) is 21.8. The number of carbonyl (C=O) groups is 3. The van der Waals surface area contributed by atoms with Gasteiger partial charge >= 0.3 is 5.97 Å². The maximum atomic E-state index is 14.1. The zero-order valence-corrected chi connectivity index (χ0v) is 16.9. The molecule has 1 heterocycles. The number of thiophene rings is 1. The molecule has 0 aliphatic heterocycles. The predicted molar refractivity (Wildman–Crippen MR) is 103 cm³/mol. The molecule has 1 aromatic carbocycles. The van der Waals surface area contributed by atoms with Gasteiger partial charge in [0.1, 0.15) is 17.5 Å². The van der Waals surface area contributed by atoms with Gasteiger partial charge in [-0.15, -0.1) is 11.3 Å². The normalized spacial score (nSPS) is 11.2. The van der Waals surface area contributed by atoms with Crippen LogP contribution in [0.15, 0.2) is 33.4 Å². The van der Waals surface area contributed by atoms with Crippen molar-refractivity contribution in [1.29, 1.82) is 0 Å². The number of amides is 2. The van der Waals surface area contributed by atoms with Gasteiger partial charge in [0.2, 0.25) is 0 Å². The first-order valence-electron chi connectivity index (χ1n) is 8.00. The third kappa shape index (κ3) is 5.29. The molecule has 2 amide bonds. The number of carbonyl (C=O) groups excluding carboxylic acids is 3. The number of primary amides is 1. The van der Waals surface area contributed by atoms with E-state index in [9.17, 15) is 23.2 Å². The average Bonchev–Trinajstić information content (AvgIpc) is 2.98. The maximum absolute atomic E-state index is 14.1. The van der Waals surface area contributed by atoms with Crippen molar-refractivity contribution in [2.45, 2.75) is 42.2 Å². The molecular formula is C18H18F2N2O4S2. The van der Waals surface area contributed by atoms with Gasteiger partial charge in [0.25, 0.3) is 11.8 Å². The van der Waals surface area contributed by atoms with E-state index in [1.165, 1.54) is 39.0 Å². The number of esters is 1. The van der Waals surface area contributed by atoms with E-state index in [0.717, 1.165) is 29.2 Å². The molecule has 2 aromatic rings. The van der Waals surface area contributed by atoms with E-state index in [1.54, 1.807) is 0 Å². The molecule has 6 nitrogen and oxygen atoms in total. The van der Waals surface area contributed by atoms with E-state index in [2.05, 4.69) is 5.32 Å². The second-order valence-corrected chi connectivity index (χ2v) is 8.63. The Morgan fingerprint density at radius 1 is 1.29 bits per heavy atom. The minimum Gasteiger partial charge on any atom is -0.450 e. The zero-order chi connectivity index (χ0) is 21.1. The van der Waals surface area contributed by atoms with Crippen LogP contribution in [0.5, 0.6) is 0 Å². The first-order chi connectivity index (χ1) is 13.0. The van der Waals surface area contributed by atoms with Gasteiger partial charge in [0.05, 0.1) is 9.77 Å². The lowest BCUT2D eigenvalue weighted by molar-refractivity contribution is -0.160. The molecule has 0 atom stereocenters. The Morgan fingerprint density at radius 3 is 2.50 bits per heavy atom. The van der Waals surface area contributed by atoms with E-state index in [-0.39, 0.29) is 21.0 Å². The molecule has 10 heteroatoms. The van der Waals surface area contributed by atoms with Gasteiger partial charge in [0, 0.05) is 11.8 Å². The Kier molecular flexibility index (Phi) is 6.78. The first-order valence-corrected chi connectivity index (χ1v) is 9.63. The fraction of sp³-hybridized carbons (Fsp3) is 0.278. The van der Waals surface area contributed by atoms with Gasteiger partial charge in [-0.2, -0.15) is 0 Å². The number of nitrogens with two attached hydrogens (primary N) is 1. The van der Waals surface area contributed by atoms with Crippen LogP contribution in [-0.2, 0) is 21.0 Å². The Labute approximate surface area is 168 Å². The monoisotopic (exact) mass is 428 g/mol. The van der Waals surface area contributed by atoms with Crippen LogP contribution in [0.1, 0.15) is 36.7 Å². The van der Waals surface area contributed by atoms with Crippen molar-refractivity contribution in [3.8, 4) is 0 Å². The van der Waals surface area contributed by atoms with Gasteiger partial charge in [-0.25, -0.2) is 8.78 Å². The number of benzene rings is 1. The van der Waals surface area contributed by atoms with E-state index in [4.69, 9.17) is 10.5 Å². The molecule has 0 radical (unpaired) electrons. The number of halogens is 2. The lowest BCUT2D eigenvalue weighted by Gasteiger charge is -2.22. The molecule has 0 aliphatic carbocycles. The fourth-order valence-electron chi connectivity index (χ4n) is 2.17. The van der Waals surface area contributed by atoms with Crippen LogP contribution < -0.4 is 11.1 Å². The molecule has 3 N–H and O–H groups in total. The largest absolute Gasteiger partial charge is 0.450 e. The molecule has 0 bridgehead atoms. The van der Waals surface area contributed by atoms with Crippen LogP contribution in [0.2, 0.25) is 0 Å². The summed E-state index contributed by atoms with van der Waals surface area (Å²) in [7, 11) is 0. The molecule has 1 aromatic heterocycles. The van der Waals surface area contributed by atoms with Gasteiger partial charge in [0.15, 0.2) is 5.60 Å². The Balaban J connectivity index is 2.27. The second-order valence-electron chi connectivity index (χ2n) is 6.23. The summed E-state index contributed by atoms with van der Waals surface area (Å²) in [5.74, 6) is -2.67. The maximum Gasteiger partial charge on any atom is 0.303 e. The van der Waals surface area contributed by atoms with Crippen molar-refractivity contribution < 1.29 is 27.9 Å². The minimum absolute atomic E-state index is 0.0419. The SMILES string of the molecule is CC(=O)OC(C)(C)C(=O)Nc1sc(Sc2ccc(CF)cc2F)cc1C(N)=O. The van der Waals surface area contributed by atoms with Crippen molar-refractivity contribution in [1.82, 2.24) is 0 Å². The van der Waals surface area contributed by atoms with Crippen molar-refractivity contribution in [3.63, 3.8) is 0 Å². The highest BCUT2D eigenvalue weighted by atomic mass is 32.2. The molecule has 2 rings (SSSR count). The number of anilines is 1. The van der Waals surface area contributed by atoms with Crippen LogP contribution >= 0.6 is 23.1 Å². The summed E-state index contributed by atoms with van der Waals surface area (Å²) in [6, 6.07) is 5.41. The third-order valence-electron chi connectivity index (χ3n) is 3.51. The van der Waals surface area contributed by atoms with Gasteiger partial charge in [-0.3, -0.25) is 14.4 Å². The highest BCUT2D eigenvalue weighted by Gasteiger charge is 2.32. The lowest BCUT2D eigenvalue weighted by atomic mass is 10.1. The standard InChI is InChI=1S/C18H18F2N2O4S2/c1-9(23)26-18(2,3)17(25)22-16-11(15(21)24)7-14(28-16)27-13-5-4-10(8-19)6-12(13)20/h4-7H,8H2,1-3H3,(H2,21,24)(H,22,25).